The minimum absolute atomic E-state index is 0.166. The van der Waals surface area contributed by atoms with Crippen LogP contribution in [0.5, 0.6) is 5.75 Å². The number of ether oxygens (including phenoxy) is 2. The predicted molar refractivity (Wildman–Crippen MR) is 53.9 cm³/mol. The number of carbonyl (C=O) groups excluding carboxylic acids is 2. The Bertz CT molecular complexity index is 414. The van der Waals surface area contributed by atoms with Gasteiger partial charge in [0.25, 0.3) is 0 Å². The third-order valence-corrected chi connectivity index (χ3v) is 2.46. The predicted octanol–water partition coefficient (Wildman–Crippen LogP) is 1.04. The molecule has 0 saturated carbocycles. The Balaban J connectivity index is 2.29. The summed E-state index contributed by atoms with van der Waals surface area (Å²) in [5.74, 6) is -0.664. The first-order valence-corrected chi connectivity index (χ1v) is 4.93. The first-order chi connectivity index (χ1) is 7.70. The fourth-order valence-electron chi connectivity index (χ4n) is 1.76. The van der Waals surface area contributed by atoms with Crippen LogP contribution in [0.4, 0.5) is 0 Å². The largest absolute Gasteiger partial charge is 0.495 e. The molecule has 0 unspecified atom stereocenters. The van der Waals surface area contributed by atoms with Crippen LogP contribution in [0.25, 0.3) is 0 Å². The lowest BCUT2D eigenvalue weighted by Gasteiger charge is -2.20. The van der Waals surface area contributed by atoms with Crippen molar-refractivity contribution in [1.29, 1.82) is 0 Å². The highest BCUT2D eigenvalue weighted by Gasteiger charge is 2.30. The van der Waals surface area contributed by atoms with E-state index in [0.717, 1.165) is 0 Å². The average molecular weight is 221 g/mol. The van der Waals surface area contributed by atoms with Crippen molar-refractivity contribution in [2.24, 2.45) is 0 Å². The Morgan fingerprint density at radius 2 is 2.06 bits per heavy atom. The highest BCUT2D eigenvalue weighted by molar-refractivity contribution is 5.89. The van der Waals surface area contributed by atoms with Gasteiger partial charge in [-0.3, -0.25) is 14.6 Å². The van der Waals surface area contributed by atoms with Gasteiger partial charge >= 0.3 is 11.9 Å². The molecule has 0 amide bonds. The molecule has 0 aliphatic carbocycles. The van der Waals surface area contributed by atoms with Gasteiger partial charge < -0.3 is 9.47 Å². The molecule has 1 aromatic heterocycles. The lowest BCUT2D eigenvalue weighted by atomic mass is 9.94. The Labute approximate surface area is 92.4 Å². The van der Waals surface area contributed by atoms with E-state index in [9.17, 15) is 9.59 Å². The summed E-state index contributed by atoms with van der Waals surface area (Å²) in [5, 5.41) is 0. The molecule has 0 aromatic carbocycles. The summed E-state index contributed by atoms with van der Waals surface area (Å²) >= 11 is 0. The van der Waals surface area contributed by atoms with Crippen LogP contribution in [-0.2, 0) is 14.3 Å². The average Bonchev–Trinajstić information content (AvgIpc) is 2.27. The summed E-state index contributed by atoms with van der Waals surface area (Å²) in [5.41, 5.74) is 0.634. The maximum absolute atomic E-state index is 11.1. The van der Waals surface area contributed by atoms with Crippen molar-refractivity contribution in [2.45, 2.75) is 18.8 Å². The topological polar surface area (TPSA) is 65.5 Å². The minimum Gasteiger partial charge on any atom is -0.495 e. The molecule has 5 heteroatoms. The SMILES string of the molecule is COc1cccnc1C1CC(=O)OC(=O)C1. The van der Waals surface area contributed by atoms with Gasteiger partial charge in [-0.05, 0) is 12.1 Å². The van der Waals surface area contributed by atoms with Crippen molar-refractivity contribution in [2.75, 3.05) is 7.11 Å². The van der Waals surface area contributed by atoms with Crippen LogP contribution in [-0.4, -0.2) is 24.0 Å². The van der Waals surface area contributed by atoms with E-state index in [1.165, 1.54) is 7.11 Å². The number of carbonyl (C=O) groups is 2. The quantitative estimate of drug-likeness (QED) is 0.551. The number of cyclic esters (lactones) is 2. The van der Waals surface area contributed by atoms with Gasteiger partial charge in [0, 0.05) is 12.1 Å². The van der Waals surface area contributed by atoms with Crippen molar-refractivity contribution in [3.63, 3.8) is 0 Å². The van der Waals surface area contributed by atoms with Gasteiger partial charge in [-0.15, -0.1) is 0 Å². The molecule has 84 valence electrons. The van der Waals surface area contributed by atoms with E-state index >= 15 is 0 Å². The van der Waals surface area contributed by atoms with Gasteiger partial charge in [-0.25, -0.2) is 0 Å². The van der Waals surface area contributed by atoms with Crippen LogP contribution in [0.3, 0.4) is 0 Å². The molecule has 1 aliphatic heterocycles. The van der Waals surface area contributed by atoms with Gasteiger partial charge in [0.15, 0.2) is 0 Å². The summed E-state index contributed by atoms with van der Waals surface area (Å²) in [4.78, 5) is 26.4. The smallest absolute Gasteiger partial charge is 0.314 e. The van der Waals surface area contributed by atoms with Crippen molar-refractivity contribution in [3.8, 4) is 5.75 Å². The lowest BCUT2D eigenvalue weighted by Crippen LogP contribution is -2.25. The van der Waals surface area contributed by atoms with Crippen LogP contribution in [0.2, 0.25) is 0 Å². The zero-order chi connectivity index (χ0) is 11.5. The molecule has 2 heterocycles. The summed E-state index contributed by atoms with van der Waals surface area (Å²) in [7, 11) is 1.53. The second kappa shape index (κ2) is 4.30. The zero-order valence-corrected chi connectivity index (χ0v) is 8.80. The van der Waals surface area contributed by atoms with E-state index in [1.807, 2.05) is 0 Å². The van der Waals surface area contributed by atoms with Crippen molar-refractivity contribution >= 4 is 11.9 Å². The molecule has 1 aliphatic rings. The summed E-state index contributed by atoms with van der Waals surface area (Å²) in [6, 6.07) is 3.50. The number of hydrogen-bond acceptors (Lipinski definition) is 5. The molecule has 0 atom stereocenters. The number of methoxy groups -OCH3 is 1. The molecule has 0 bridgehead atoms. The monoisotopic (exact) mass is 221 g/mol. The molecule has 1 saturated heterocycles. The fourth-order valence-corrected chi connectivity index (χ4v) is 1.76. The van der Waals surface area contributed by atoms with E-state index in [2.05, 4.69) is 9.72 Å². The van der Waals surface area contributed by atoms with Crippen LogP contribution in [0.1, 0.15) is 24.5 Å². The van der Waals surface area contributed by atoms with Crippen molar-refractivity contribution in [1.82, 2.24) is 4.98 Å². The molecular weight excluding hydrogens is 210 g/mol. The molecule has 1 fully saturated rings. The molecule has 16 heavy (non-hydrogen) atoms. The Kier molecular flexibility index (Phi) is 2.85. The maximum Gasteiger partial charge on any atom is 0.314 e. The van der Waals surface area contributed by atoms with Gasteiger partial charge in [0.2, 0.25) is 0 Å². The Hall–Kier alpha value is -1.91. The molecule has 1 aromatic rings. The number of pyridine rings is 1. The summed E-state index contributed by atoms with van der Waals surface area (Å²) in [6.07, 6.45) is 1.94. The van der Waals surface area contributed by atoms with Crippen LogP contribution < -0.4 is 4.74 Å². The van der Waals surface area contributed by atoms with E-state index in [0.29, 0.717) is 11.4 Å². The third kappa shape index (κ3) is 2.03. The standard InChI is InChI=1S/C11H11NO4/c1-15-8-3-2-4-12-11(8)7-5-9(13)16-10(14)6-7/h2-4,7H,5-6H2,1H3. The normalized spacial score (nSPS) is 17.1. The number of rotatable bonds is 2. The van der Waals surface area contributed by atoms with E-state index in [4.69, 9.17) is 4.74 Å². The van der Waals surface area contributed by atoms with E-state index in [1.54, 1.807) is 18.3 Å². The zero-order valence-electron chi connectivity index (χ0n) is 8.80. The Morgan fingerprint density at radius 3 is 2.69 bits per heavy atom. The third-order valence-electron chi connectivity index (χ3n) is 2.46. The van der Waals surface area contributed by atoms with Crippen molar-refractivity contribution in [3.05, 3.63) is 24.0 Å². The molecule has 0 radical (unpaired) electrons. The van der Waals surface area contributed by atoms with E-state index in [-0.39, 0.29) is 18.8 Å². The first kappa shape index (κ1) is 10.6. The van der Waals surface area contributed by atoms with Crippen molar-refractivity contribution < 1.29 is 19.1 Å². The van der Waals surface area contributed by atoms with Gasteiger partial charge in [0.05, 0.1) is 25.6 Å². The fraction of sp³-hybridized carbons (Fsp3) is 0.364. The number of aromatic nitrogens is 1. The molecular formula is C11H11NO4. The number of nitrogens with zero attached hydrogens (tertiary/aromatic N) is 1. The Morgan fingerprint density at radius 1 is 1.38 bits per heavy atom. The number of hydrogen-bond donors (Lipinski definition) is 0. The van der Waals surface area contributed by atoms with Crippen LogP contribution in [0, 0.1) is 0 Å². The van der Waals surface area contributed by atoms with Crippen LogP contribution in [0.15, 0.2) is 18.3 Å². The second-order valence-corrected chi connectivity index (χ2v) is 3.54. The highest BCUT2D eigenvalue weighted by atomic mass is 16.6. The summed E-state index contributed by atoms with van der Waals surface area (Å²) in [6.45, 7) is 0. The van der Waals surface area contributed by atoms with Crippen LogP contribution >= 0.6 is 0 Å². The second-order valence-electron chi connectivity index (χ2n) is 3.54. The van der Waals surface area contributed by atoms with Gasteiger partial charge in [0.1, 0.15) is 5.75 Å². The van der Waals surface area contributed by atoms with E-state index < -0.39 is 11.9 Å². The number of esters is 2. The molecule has 5 nitrogen and oxygen atoms in total. The van der Waals surface area contributed by atoms with Gasteiger partial charge in [-0.1, -0.05) is 0 Å². The minimum atomic E-state index is -0.506. The molecule has 0 N–H and O–H groups in total. The lowest BCUT2D eigenvalue weighted by molar-refractivity contribution is -0.164. The first-order valence-electron chi connectivity index (χ1n) is 4.93. The van der Waals surface area contributed by atoms with Gasteiger partial charge in [-0.2, -0.15) is 0 Å². The summed E-state index contributed by atoms with van der Waals surface area (Å²) < 4.78 is 9.61. The molecule has 2 rings (SSSR count). The maximum atomic E-state index is 11.1. The molecule has 0 spiro atoms. The highest BCUT2D eigenvalue weighted by Crippen LogP contribution is 2.32.